The standard InChI is InChI=1S/C68H132O17P2/c1-6-10-13-16-18-20-21-22-23-24-25-26-27-28-29-35-39-44-49-54-68(73)85-64(58-79-66(71)52-47-42-37-34-31-30-33-36-41-45-50-61(5)9-4)60-83-87(76,77)81-56-62(69)55-80-86(74,75)82-59-63(57-78-65(70)51-46-40-15-12-8-3)84-67(72)53-48-43-38-32-19-17-14-11-7-2/h61-64,69H,6-60H2,1-5H3,(H,74,75)(H,76,77)/t61?,62-,63+,64+/m0/s1. The van der Waals surface area contributed by atoms with Gasteiger partial charge in [-0.15, -0.1) is 0 Å². The van der Waals surface area contributed by atoms with E-state index in [0.717, 1.165) is 102 Å². The summed E-state index contributed by atoms with van der Waals surface area (Å²) in [5.41, 5.74) is 0. The van der Waals surface area contributed by atoms with E-state index in [0.29, 0.717) is 25.7 Å². The molecular weight excluding hydrogens is 1150 g/mol. The minimum absolute atomic E-state index is 0.105. The quantitative estimate of drug-likeness (QED) is 0.0222. The highest BCUT2D eigenvalue weighted by Crippen LogP contribution is 2.45. The maximum absolute atomic E-state index is 13.0. The van der Waals surface area contributed by atoms with Crippen molar-refractivity contribution in [1.82, 2.24) is 0 Å². The molecule has 0 saturated carbocycles. The van der Waals surface area contributed by atoms with E-state index in [-0.39, 0.29) is 25.7 Å². The molecular formula is C68H132O17P2. The Balaban J connectivity index is 5.13. The zero-order chi connectivity index (χ0) is 64.2. The Morgan fingerprint density at radius 1 is 0.322 bits per heavy atom. The van der Waals surface area contributed by atoms with Gasteiger partial charge in [-0.3, -0.25) is 37.3 Å². The lowest BCUT2D eigenvalue weighted by molar-refractivity contribution is -0.161. The second kappa shape index (κ2) is 61.6. The van der Waals surface area contributed by atoms with Crippen molar-refractivity contribution in [3.05, 3.63) is 0 Å². The van der Waals surface area contributed by atoms with E-state index in [1.807, 2.05) is 0 Å². The van der Waals surface area contributed by atoms with E-state index in [1.54, 1.807) is 0 Å². The van der Waals surface area contributed by atoms with Gasteiger partial charge in [0.2, 0.25) is 0 Å². The van der Waals surface area contributed by atoms with Crippen LogP contribution in [0, 0.1) is 5.92 Å². The Labute approximate surface area is 530 Å². The lowest BCUT2D eigenvalue weighted by atomic mass is 9.99. The number of phosphoric acid groups is 2. The zero-order valence-electron chi connectivity index (χ0n) is 56.2. The van der Waals surface area contributed by atoms with Crippen molar-refractivity contribution in [3.63, 3.8) is 0 Å². The summed E-state index contributed by atoms with van der Waals surface area (Å²) in [4.78, 5) is 72.1. The molecule has 0 rings (SSSR count). The third kappa shape index (κ3) is 61.3. The van der Waals surface area contributed by atoms with Crippen LogP contribution in [-0.2, 0) is 65.4 Å². The summed E-state index contributed by atoms with van der Waals surface area (Å²) in [6.07, 6.45) is 47.6. The van der Waals surface area contributed by atoms with Gasteiger partial charge < -0.3 is 33.8 Å². The van der Waals surface area contributed by atoms with Crippen LogP contribution in [0.25, 0.3) is 0 Å². The minimum atomic E-state index is -4.95. The van der Waals surface area contributed by atoms with Crippen molar-refractivity contribution in [2.75, 3.05) is 39.6 Å². The maximum atomic E-state index is 13.0. The highest BCUT2D eigenvalue weighted by Gasteiger charge is 2.30. The molecule has 87 heavy (non-hydrogen) atoms. The molecule has 516 valence electrons. The first-order valence-electron chi connectivity index (χ1n) is 35.7. The molecule has 0 saturated heterocycles. The molecule has 0 aliphatic heterocycles. The molecule has 0 aliphatic rings. The molecule has 0 bridgehead atoms. The van der Waals surface area contributed by atoms with E-state index in [2.05, 4.69) is 34.6 Å². The van der Waals surface area contributed by atoms with Gasteiger partial charge in [0, 0.05) is 25.7 Å². The number of carbonyl (C=O) groups excluding carboxylic acids is 4. The van der Waals surface area contributed by atoms with Crippen LogP contribution < -0.4 is 0 Å². The SMILES string of the molecule is CCCCCCCCCCCCCCCCCCCCCC(=O)O[C@H](COC(=O)CCCCCCCCCCCCC(C)CC)COP(=O)(O)OC[C@@H](O)COP(=O)(O)OC[C@@H](COC(=O)CCCCCCC)OC(=O)CCCCCCCCCCC. The predicted octanol–water partition coefficient (Wildman–Crippen LogP) is 19.4. The summed E-state index contributed by atoms with van der Waals surface area (Å²) in [5, 5.41) is 10.5. The molecule has 17 nitrogen and oxygen atoms in total. The zero-order valence-corrected chi connectivity index (χ0v) is 57.9. The fourth-order valence-electron chi connectivity index (χ4n) is 10.3. The highest BCUT2D eigenvalue weighted by molar-refractivity contribution is 7.47. The molecule has 0 aromatic carbocycles. The van der Waals surface area contributed by atoms with Gasteiger partial charge in [0.15, 0.2) is 12.2 Å². The van der Waals surface area contributed by atoms with Crippen molar-refractivity contribution >= 4 is 39.5 Å². The van der Waals surface area contributed by atoms with Gasteiger partial charge >= 0.3 is 39.5 Å². The van der Waals surface area contributed by atoms with Crippen LogP contribution >= 0.6 is 15.6 Å². The van der Waals surface area contributed by atoms with Gasteiger partial charge in [0.25, 0.3) is 0 Å². The Kier molecular flexibility index (Phi) is 60.2. The molecule has 0 spiro atoms. The van der Waals surface area contributed by atoms with Crippen molar-refractivity contribution in [2.45, 2.75) is 368 Å². The molecule has 0 amide bonds. The van der Waals surface area contributed by atoms with Crippen LogP contribution in [0.2, 0.25) is 0 Å². The van der Waals surface area contributed by atoms with Crippen LogP contribution in [0.15, 0.2) is 0 Å². The molecule has 0 radical (unpaired) electrons. The number of esters is 4. The molecule has 19 heteroatoms. The summed E-state index contributed by atoms with van der Waals surface area (Å²) in [7, 11) is -9.88. The normalized spacial score (nSPS) is 14.4. The van der Waals surface area contributed by atoms with Gasteiger partial charge in [-0.05, 0) is 31.6 Å². The molecule has 0 aliphatic carbocycles. The smallest absolute Gasteiger partial charge is 0.462 e. The van der Waals surface area contributed by atoms with Crippen LogP contribution in [0.4, 0.5) is 0 Å². The third-order valence-corrected chi connectivity index (χ3v) is 18.0. The van der Waals surface area contributed by atoms with Crippen LogP contribution in [0.5, 0.6) is 0 Å². The average molecular weight is 1280 g/mol. The second-order valence-electron chi connectivity index (χ2n) is 24.8. The largest absolute Gasteiger partial charge is 0.472 e. The summed E-state index contributed by atoms with van der Waals surface area (Å²) in [6.45, 7) is 7.15. The number of unbranched alkanes of at least 4 members (excludes halogenated alkanes) is 39. The Bertz CT molecular complexity index is 1690. The summed E-state index contributed by atoms with van der Waals surface area (Å²) >= 11 is 0. The number of phosphoric ester groups is 2. The van der Waals surface area contributed by atoms with Gasteiger partial charge in [-0.1, -0.05) is 298 Å². The van der Waals surface area contributed by atoms with E-state index < -0.39 is 97.5 Å². The molecule has 3 N–H and O–H groups in total. The molecule has 0 aromatic heterocycles. The Hall–Kier alpha value is -1.94. The van der Waals surface area contributed by atoms with E-state index >= 15 is 0 Å². The van der Waals surface area contributed by atoms with Crippen LogP contribution in [-0.4, -0.2) is 96.7 Å². The average Bonchev–Trinajstić information content (AvgIpc) is 3.70. The van der Waals surface area contributed by atoms with Gasteiger partial charge in [0.05, 0.1) is 26.4 Å². The summed E-state index contributed by atoms with van der Waals surface area (Å²) < 4.78 is 67.9. The maximum Gasteiger partial charge on any atom is 0.472 e. The number of carbonyl (C=O) groups is 4. The lowest BCUT2D eigenvalue weighted by Gasteiger charge is -2.21. The summed E-state index contributed by atoms with van der Waals surface area (Å²) in [6, 6.07) is 0. The number of aliphatic hydroxyl groups excluding tert-OH is 1. The molecule has 0 aromatic rings. The number of hydrogen-bond acceptors (Lipinski definition) is 15. The lowest BCUT2D eigenvalue weighted by Crippen LogP contribution is -2.30. The first kappa shape index (κ1) is 85.1. The number of aliphatic hydroxyl groups is 1. The molecule has 3 unspecified atom stereocenters. The first-order chi connectivity index (χ1) is 42.1. The fourth-order valence-corrected chi connectivity index (χ4v) is 11.8. The van der Waals surface area contributed by atoms with Crippen molar-refractivity contribution < 1.29 is 80.2 Å². The van der Waals surface area contributed by atoms with E-state index in [9.17, 15) is 43.2 Å². The monoisotopic (exact) mass is 1280 g/mol. The first-order valence-corrected chi connectivity index (χ1v) is 38.7. The van der Waals surface area contributed by atoms with Crippen molar-refractivity contribution in [2.24, 2.45) is 5.92 Å². The number of hydrogen-bond donors (Lipinski definition) is 3. The van der Waals surface area contributed by atoms with E-state index in [4.69, 9.17) is 37.0 Å². The molecule has 0 fully saturated rings. The van der Waals surface area contributed by atoms with Crippen molar-refractivity contribution in [3.8, 4) is 0 Å². The van der Waals surface area contributed by atoms with Crippen molar-refractivity contribution in [1.29, 1.82) is 0 Å². The molecule has 6 atom stereocenters. The third-order valence-electron chi connectivity index (χ3n) is 16.1. The van der Waals surface area contributed by atoms with Gasteiger partial charge in [-0.25, -0.2) is 9.13 Å². The number of rotatable bonds is 68. The highest BCUT2D eigenvalue weighted by atomic mass is 31.2. The summed E-state index contributed by atoms with van der Waals surface area (Å²) in [5.74, 6) is -1.33. The van der Waals surface area contributed by atoms with Gasteiger partial charge in [0.1, 0.15) is 19.3 Å². The predicted molar refractivity (Wildman–Crippen MR) is 349 cm³/mol. The second-order valence-corrected chi connectivity index (χ2v) is 27.7. The van der Waals surface area contributed by atoms with Crippen LogP contribution in [0.1, 0.15) is 349 Å². The van der Waals surface area contributed by atoms with Crippen LogP contribution in [0.3, 0.4) is 0 Å². The van der Waals surface area contributed by atoms with Gasteiger partial charge in [-0.2, -0.15) is 0 Å². The topological polar surface area (TPSA) is 237 Å². The minimum Gasteiger partial charge on any atom is -0.462 e. The molecule has 0 heterocycles. The fraction of sp³-hybridized carbons (Fsp3) is 0.941. The Morgan fingerprint density at radius 3 is 0.816 bits per heavy atom. The number of ether oxygens (including phenoxy) is 4. The Morgan fingerprint density at radius 2 is 0.552 bits per heavy atom. The van der Waals surface area contributed by atoms with E-state index in [1.165, 1.54) is 167 Å².